The molecule has 1 unspecified atom stereocenters. The van der Waals surface area contributed by atoms with Crippen molar-refractivity contribution in [2.24, 2.45) is 0 Å². The van der Waals surface area contributed by atoms with Crippen LogP contribution in [-0.2, 0) is 9.53 Å². The maximum Gasteiger partial charge on any atom is 0.221 e. The quantitative estimate of drug-likeness (QED) is 0.877. The summed E-state index contributed by atoms with van der Waals surface area (Å²) in [6, 6.07) is 12.5. The summed E-state index contributed by atoms with van der Waals surface area (Å²) in [6.45, 7) is 5.79. The monoisotopic (exact) mass is 342 g/mol. The minimum absolute atomic E-state index is 0.0505. The summed E-state index contributed by atoms with van der Waals surface area (Å²) < 4.78 is 11.3. The number of benzene rings is 2. The highest BCUT2D eigenvalue weighted by Crippen LogP contribution is 2.27. The van der Waals surface area contributed by atoms with Gasteiger partial charge in [0.25, 0.3) is 0 Å². The van der Waals surface area contributed by atoms with Crippen LogP contribution in [0.15, 0.2) is 36.4 Å². The van der Waals surface area contributed by atoms with Gasteiger partial charge in [-0.2, -0.15) is 0 Å². The minimum atomic E-state index is 0.0505. The van der Waals surface area contributed by atoms with E-state index in [9.17, 15) is 4.79 Å². The van der Waals surface area contributed by atoms with Crippen LogP contribution in [0.25, 0.3) is 10.8 Å². The molecule has 1 N–H and O–H groups in total. The van der Waals surface area contributed by atoms with E-state index in [1.807, 2.05) is 19.1 Å². The molecule has 134 valence electrons. The zero-order valence-electron chi connectivity index (χ0n) is 15.0. The molecule has 0 saturated carbocycles. The van der Waals surface area contributed by atoms with Crippen molar-refractivity contribution in [1.82, 2.24) is 10.2 Å². The fourth-order valence-corrected chi connectivity index (χ4v) is 3.22. The summed E-state index contributed by atoms with van der Waals surface area (Å²) in [5, 5.41) is 5.19. The predicted octanol–water partition coefficient (Wildman–Crippen LogP) is 2.75. The van der Waals surface area contributed by atoms with Crippen molar-refractivity contribution in [1.29, 1.82) is 0 Å². The van der Waals surface area contributed by atoms with Crippen LogP contribution in [0.2, 0.25) is 0 Å². The Morgan fingerprint density at radius 1 is 1.28 bits per heavy atom. The van der Waals surface area contributed by atoms with E-state index in [-0.39, 0.29) is 12.0 Å². The standard InChI is InChI=1S/C20H26N2O3/c1-3-21-20(23)8-9-22-10-11-25-19(14-22)17-5-4-16-13-18(24-2)7-6-15(16)12-17/h4-7,12-13,19H,3,8-11,14H2,1-2H3,(H,21,23). The van der Waals surface area contributed by atoms with E-state index in [1.165, 1.54) is 10.9 Å². The van der Waals surface area contributed by atoms with Crippen LogP contribution in [0.3, 0.4) is 0 Å². The van der Waals surface area contributed by atoms with Gasteiger partial charge in [0, 0.05) is 32.6 Å². The molecule has 2 aromatic rings. The Morgan fingerprint density at radius 2 is 2.08 bits per heavy atom. The van der Waals surface area contributed by atoms with Crippen LogP contribution in [0, 0.1) is 0 Å². The van der Waals surface area contributed by atoms with Gasteiger partial charge in [0.2, 0.25) is 5.91 Å². The zero-order valence-corrected chi connectivity index (χ0v) is 15.0. The Balaban J connectivity index is 1.66. The number of nitrogens with one attached hydrogen (secondary N) is 1. The van der Waals surface area contributed by atoms with Gasteiger partial charge in [-0.15, -0.1) is 0 Å². The lowest BCUT2D eigenvalue weighted by molar-refractivity contribution is -0.121. The first-order chi connectivity index (χ1) is 12.2. The van der Waals surface area contributed by atoms with Gasteiger partial charge >= 0.3 is 0 Å². The number of ether oxygens (including phenoxy) is 2. The third kappa shape index (κ3) is 4.50. The van der Waals surface area contributed by atoms with Gasteiger partial charge in [0.1, 0.15) is 5.75 Å². The molecule has 3 rings (SSSR count). The predicted molar refractivity (Wildman–Crippen MR) is 98.9 cm³/mol. The van der Waals surface area contributed by atoms with Crippen LogP contribution >= 0.6 is 0 Å². The van der Waals surface area contributed by atoms with Crippen molar-refractivity contribution in [2.75, 3.05) is 39.9 Å². The van der Waals surface area contributed by atoms with Gasteiger partial charge in [0.15, 0.2) is 0 Å². The molecule has 1 heterocycles. The topological polar surface area (TPSA) is 50.8 Å². The van der Waals surface area contributed by atoms with Crippen molar-refractivity contribution in [3.05, 3.63) is 42.0 Å². The molecule has 5 nitrogen and oxygen atoms in total. The Bertz CT molecular complexity index is 732. The molecule has 0 spiro atoms. The SMILES string of the molecule is CCNC(=O)CCN1CCOC(c2ccc3cc(OC)ccc3c2)C1. The first-order valence-electron chi connectivity index (χ1n) is 8.88. The summed E-state index contributed by atoms with van der Waals surface area (Å²) in [5.74, 6) is 0.982. The molecule has 2 aromatic carbocycles. The molecule has 1 saturated heterocycles. The van der Waals surface area contributed by atoms with Gasteiger partial charge < -0.3 is 14.8 Å². The largest absolute Gasteiger partial charge is 0.497 e. The van der Waals surface area contributed by atoms with E-state index in [1.54, 1.807) is 7.11 Å². The van der Waals surface area contributed by atoms with Crippen LogP contribution in [0.4, 0.5) is 0 Å². The normalized spacial score (nSPS) is 18.2. The number of rotatable bonds is 6. The Labute approximate surface area is 148 Å². The number of amides is 1. The minimum Gasteiger partial charge on any atom is -0.497 e. The van der Waals surface area contributed by atoms with Crippen LogP contribution in [0.5, 0.6) is 5.75 Å². The number of morpholine rings is 1. The maximum absolute atomic E-state index is 11.7. The van der Waals surface area contributed by atoms with Gasteiger partial charge in [-0.3, -0.25) is 9.69 Å². The van der Waals surface area contributed by atoms with Crippen molar-refractivity contribution in [3.63, 3.8) is 0 Å². The molecule has 1 aliphatic rings. The molecule has 25 heavy (non-hydrogen) atoms. The molecule has 1 aliphatic heterocycles. The number of methoxy groups -OCH3 is 1. The van der Waals surface area contributed by atoms with E-state index in [0.29, 0.717) is 19.6 Å². The highest BCUT2D eigenvalue weighted by Gasteiger charge is 2.22. The van der Waals surface area contributed by atoms with Gasteiger partial charge in [0.05, 0.1) is 19.8 Å². The molecule has 1 amide bonds. The number of nitrogens with zero attached hydrogens (tertiary/aromatic N) is 1. The number of carbonyl (C=O) groups is 1. The van der Waals surface area contributed by atoms with Gasteiger partial charge in [-0.1, -0.05) is 18.2 Å². The summed E-state index contributed by atoms with van der Waals surface area (Å²) >= 11 is 0. The Kier molecular flexibility index (Phi) is 5.89. The molecule has 5 heteroatoms. The average molecular weight is 342 g/mol. The molecule has 0 aromatic heterocycles. The number of hydrogen-bond acceptors (Lipinski definition) is 4. The van der Waals surface area contributed by atoms with E-state index in [4.69, 9.17) is 9.47 Å². The smallest absolute Gasteiger partial charge is 0.221 e. The summed E-state index contributed by atoms with van der Waals surface area (Å²) in [4.78, 5) is 14.0. The van der Waals surface area contributed by atoms with Gasteiger partial charge in [-0.25, -0.2) is 0 Å². The highest BCUT2D eigenvalue weighted by molar-refractivity contribution is 5.84. The number of hydrogen-bond donors (Lipinski definition) is 1. The second-order valence-electron chi connectivity index (χ2n) is 6.34. The van der Waals surface area contributed by atoms with E-state index in [2.05, 4.69) is 34.5 Å². The lowest BCUT2D eigenvalue weighted by Gasteiger charge is -2.33. The summed E-state index contributed by atoms with van der Waals surface area (Å²) in [7, 11) is 1.68. The van der Waals surface area contributed by atoms with Gasteiger partial charge in [-0.05, 0) is 41.5 Å². The first-order valence-corrected chi connectivity index (χ1v) is 8.88. The van der Waals surface area contributed by atoms with E-state index >= 15 is 0 Å². The fourth-order valence-electron chi connectivity index (χ4n) is 3.22. The maximum atomic E-state index is 11.7. The molecule has 0 radical (unpaired) electrons. The molecule has 0 aliphatic carbocycles. The molecular formula is C20H26N2O3. The number of fused-ring (bicyclic) bond motifs is 1. The summed E-state index contributed by atoms with van der Waals surface area (Å²) in [5.41, 5.74) is 1.18. The molecule has 1 atom stereocenters. The zero-order chi connectivity index (χ0) is 17.6. The van der Waals surface area contributed by atoms with Crippen LogP contribution in [-0.4, -0.2) is 50.7 Å². The molecule has 1 fully saturated rings. The summed E-state index contributed by atoms with van der Waals surface area (Å²) in [6.07, 6.45) is 0.590. The third-order valence-electron chi connectivity index (χ3n) is 4.62. The van der Waals surface area contributed by atoms with Crippen molar-refractivity contribution < 1.29 is 14.3 Å². The van der Waals surface area contributed by atoms with Crippen LogP contribution < -0.4 is 10.1 Å². The second-order valence-corrected chi connectivity index (χ2v) is 6.34. The lowest BCUT2D eigenvalue weighted by Crippen LogP contribution is -2.40. The van der Waals surface area contributed by atoms with Crippen LogP contribution in [0.1, 0.15) is 25.0 Å². The van der Waals surface area contributed by atoms with Crippen molar-refractivity contribution in [3.8, 4) is 5.75 Å². The molecule has 0 bridgehead atoms. The fraction of sp³-hybridized carbons (Fsp3) is 0.450. The first kappa shape index (κ1) is 17.7. The molecular weight excluding hydrogens is 316 g/mol. The van der Waals surface area contributed by atoms with E-state index in [0.717, 1.165) is 30.8 Å². The van der Waals surface area contributed by atoms with Crippen molar-refractivity contribution in [2.45, 2.75) is 19.4 Å². The third-order valence-corrected chi connectivity index (χ3v) is 4.62. The lowest BCUT2D eigenvalue weighted by atomic mass is 10.0. The van der Waals surface area contributed by atoms with Crippen molar-refractivity contribution >= 4 is 16.7 Å². The Hall–Kier alpha value is -2.11. The van der Waals surface area contributed by atoms with E-state index < -0.39 is 0 Å². The Morgan fingerprint density at radius 3 is 2.88 bits per heavy atom. The average Bonchev–Trinajstić information content (AvgIpc) is 2.66. The highest BCUT2D eigenvalue weighted by atomic mass is 16.5. The number of carbonyl (C=O) groups excluding carboxylic acids is 1. The second kappa shape index (κ2) is 8.32.